The second-order valence-corrected chi connectivity index (χ2v) is 4.70. The van der Waals surface area contributed by atoms with Gasteiger partial charge in [0.1, 0.15) is 0 Å². The lowest BCUT2D eigenvalue weighted by atomic mass is 9.97. The van der Waals surface area contributed by atoms with Crippen LogP contribution in [-0.2, 0) is 4.74 Å². The lowest BCUT2D eigenvalue weighted by molar-refractivity contribution is 0.0600. The molecule has 0 radical (unpaired) electrons. The Morgan fingerprint density at radius 1 is 1.24 bits per heavy atom. The van der Waals surface area contributed by atoms with Gasteiger partial charge in [-0.2, -0.15) is 0 Å². The molecular formula is C16H16N2O3. The number of pyridine rings is 1. The molecule has 21 heavy (non-hydrogen) atoms. The van der Waals surface area contributed by atoms with Crippen molar-refractivity contribution in [2.45, 2.75) is 0 Å². The van der Waals surface area contributed by atoms with Crippen LogP contribution in [0.5, 0.6) is 0 Å². The molecule has 1 aromatic heterocycles. The molecule has 2 rings (SSSR count). The summed E-state index contributed by atoms with van der Waals surface area (Å²) in [6.45, 7) is 0. The molecule has 0 saturated carbocycles. The fourth-order valence-electron chi connectivity index (χ4n) is 2.12. The van der Waals surface area contributed by atoms with Gasteiger partial charge >= 0.3 is 5.97 Å². The molecule has 108 valence electrons. The van der Waals surface area contributed by atoms with Crippen LogP contribution in [0, 0.1) is 0 Å². The minimum Gasteiger partial charge on any atom is -0.465 e. The van der Waals surface area contributed by atoms with E-state index in [0.29, 0.717) is 11.1 Å². The number of esters is 1. The smallest absolute Gasteiger partial charge is 0.337 e. The Labute approximate surface area is 123 Å². The largest absolute Gasteiger partial charge is 0.465 e. The normalized spacial score (nSPS) is 10.0. The highest BCUT2D eigenvalue weighted by Crippen LogP contribution is 2.31. The summed E-state index contributed by atoms with van der Waals surface area (Å²) in [4.78, 5) is 28.9. The number of ether oxygens (including phenoxy) is 1. The molecule has 0 spiro atoms. The molecule has 0 N–H and O–H groups in total. The van der Waals surface area contributed by atoms with E-state index in [1.165, 1.54) is 13.2 Å². The molecule has 0 bridgehead atoms. The molecule has 5 heteroatoms. The molecule has 5 nitrogen and oxygen atoms in total. The molecule has 0 atom stereocenters. The number of hydrogen-bond acceptors (Lipinski definition) is 5. The summed E-state index contributed by atoms with van der Waals surface area (Å²) >= 11 is 0. The topological polar surface area (TPSA) is 59.5 Å². The van der Waals surface area contributed by atoms with Gasteiger partial charge in [-0.15, -0.1) is 0 Å². The molecule has 0 fully saturated rings. The van der Waals surface area contributed by atoms with Gasteiger partial charge in [0.15, 0.2) is 6.29 Å². The number of anilines is 1. The van der Waals surface area contributed by atoms with Gasteiger partial charge in [0.05, 0.1) is 24.6 Å². The Hall–Kier alpha value is -2.69. The second-order valence-electron chi connectivity index (χ2n) is 4.70. The quantitative estimate of drug-likeness (QED) is 0.637. The zero-order valence-corrected chi connectivity index (χ0v) is 12.2. The molecule has 0 aliphatic rings. The van der Waals surface area contributed by atoms with Crippen molar-refractivity contribution in [3.05, 3.63) is 47.8 Å². The highest BCUT2D eigenvalue weighted by Gasteiger charge is 2.14. The molecule has 0 aliphatic heterocycles. The van der Waals surface area contributed by atoms with Crippen molar-refractivity contribution in [1.82, 2.24) is 4.98 Å². The third-order valence-electron chi connectivity index (χ3n) is 3.17. The van der Waals surface area contributed by atoms with E-state index >= 15 is 0 Å². The number of hydrogen-bond donors (Lipinski definition) is 0. The summed E-state index contributed by atoms with van der Waals surface area (Å²) in [5, 5.41) is 0. The number of aromatic nitrogens is 1. The third-order valence-corrected chi connectivity index (χ3v) is 3.17. The van der Waals surface area contributed by atoms with Crippen LogP contribution in [0.25, 0.3) is 11.1 Å². The molecule has 2 aromatic rings. The van der Waals surface area contributed by atoms with Crippen LogP contribution in [0.3, 0.4) is 0 Å². The SMILES string of the molecule is COC(=O)c1ccc(-c2ccncc2N(C)C)c(C=O)c1. The number of nitrogens with zero attached hydrogens (tertiary/aromatic N) is 2. The van der Waals surface area contributed by atoms with Crippen LogP contribution in [0.15, 0.2) is 36.7 Å². The molecule has 0 saturated heterocycles. The second kappa shape index (κ2) is 6.17. The molecule has 0 aliphatic carbocycles. The van der Waals surface area contributed by atoms with Crippen molar-refractivity contribution < 1.29 is 14.3 Å². The van der Waals surface area contributed by atoms with Crippen LogP contribution >= 0.6 is 0 Å². The first-order valence-electron chi connectivity index (χ1n) is 6.37. The Balaban J connectivity index is 2.60. The van der Waals surface area contributed by atoms with Crippen LogP contribution in [0.2, 0.25) is 0 Å². The monoisotopic (exact) mass is 284 g/mol. The van der Waals surface area contributed by atoms with Crippen LogP contribution in [0.1, 0.15) is 20.7 Å². The minimum absolute atomic E-state index is 0.351. The Morgan fingerprint density at radius 3 is 2.62 bits per heavy atom. The van der Waals surface area contributed by atoms with E-state index in [2.05, 4.69) is 9.72 Å². The van der Waals surface area contributed by atoms with Crippen molar-refractivity contribution in [2.75, 3.05) is 26.1 Å². The fraction of sp³-hybridized carbons (Fsp3) is 0.188. The summed E-state index contributed by atoms with van der Waals surface area (Å²) in [6.07, 6.45) is 4.14. The molecule has 0 amide bonds. The van der Waals surface area contributed by atoms with Crippen molar-refractivity contribution in [2.24, 2.45) is 0 Å². The average Bonchev–Trinajstić information content (AvgIpc) is 2.53. The molecule has 0 unspecified atom stereocenters. The fourth-order valence-corrected chi connectivity index (χ4v) is 2.12. The summed E-state index contributed by atoms with van der Waals surface area (Å²) < 4.78 is 4.67. The zero-order chi connectivity index (χ0) is 15.4. The van der Waals surface area contributed by atoms with E-state index in [-0.39, 0.29) is 0 Å². The van der Waals surface area contributed by atoms with Gasteiger partial charge in [0, 0.05) is 31.4 Å². The number of methoxy groups -OCH3 is 1. The summed E-state index contributed by atoms with van der Waals surface area (Å²) in [5.41, 5.74) is 3.32. The Kier molecular flexibility index (Phi) is 4.33. The summed E-state index contributed by atoms with van der Waals surface area (Å²) in [7, 11) is 5.12. The van der Waals surface area contributed by atoms with E-state index < -0.39 is 5.97 Å². The van der Waals surface area contributed by atoms with E-state index in [4.69, 9.17) is 0 Å². The van der Waals surface area contributed by atoms with E-state index in [1.54, 1.807) is 24.5 Å². The predicted molar refractivity (Wildman–Crippen MR) is 80.7 cm³/mol. The first-order valence-corrected chi connectivity index (χ1v) is 6.37. The number of benzene rings is 1. The van der Waals surface area contributed by atoms with Crippen LogP contribution in [0.4, 0.5) is 5.69 Å². The van der Waals surface area contributed by atoms with E-state index in [1.807, 2.05) is 25.1 Å². The Bertz CT molecular complexity index is 681. The van der Waals surface area contributed by atoms with Gasteiger partial charge in [0.2, 0.25) is 0 Å². The molecule has 1 heterocycles. The first kappa shape index (κ1) is 14.7. The minimum atomic E-state index is -0.466. The first-order chi connectivity index (χ1) is 10.1. The van der Waals surface area contributed by atoms with Crippen molar-refractivity contribution in [1.29, 1.82) is 0 Å². The van der Waals surface area contributed by atoms with Crippen molar-refractivity contribution in [3.63, 3.8) is 0 Å². The highest BCUT2D eigenvalue weighted by atomic mass is 16.5. The number of carbonyl (C=O) groups excluding carboxylic acids is 2. The lowest BCUT2D eigenvalue weighted by Crippen LogP contribution is -2.11. The highest BCUT2D eigenvalue weighted by molar-refractivity contribution is 5.97. The molecule has 1 aromatic carbocycles. The van der Waals surface area contributed by atoms with E-state index in [9.17, 15) is 9.59 Å². The number of aldehydes is 1. The van der Waals surface area contributed by atoms with Gasteiger partial charge in [-0.05, 0) is 23.8 Å². The maximum Gasteiger partial charge on any atom is 0.337 e. The van der Waals surface area contributed by atoms with Crippen LogP contribution in [-0.4, -0.2) is 38.4 Å². The van der Waals surface area contributed by atoms with Gasteiger partial charge in [-0.1, -0.05) is 6.07 Å². The third kappa shape index (κ3) is 2.91. The maximum atomic E-state index is 11.5. The molecular weight excluding hydrogens is 268 g/mol. The Morgan fingerprint density at radius 2 is 2.00 bits per heavy atom. The van der Waals surface area contributed by atoms with Gasteiger partial charge < -0.3 is 9.64 Å². The van der Waals surface area contributed by atoms with E-state index in [0.717, 1.165) is 23.1 Å². The average molecular weight is 284 g/mol. The maximum absolute atomic E-state index is 11.5. The van der Waals surface area contributed by atoms with Crippen molar-refractivity contribution >= 4 is 17.9 Å². The summed E-state index contributed by atoms with van der Waals surface area (Å²) in [6, 6.07) is 6.77. The standard InChI is InChI=1S/C16H16N2O3/c1-18(2)15-9-17-7-6-14(15)13-5-4-11(16(20)21-3)8-12(13)10-19/h4-10H,1-3H3. The number of rotatable bonds is 4. The van der Waals surface area contributed by atoms with Crippen molar-refractivity contribution in [3.8, 4) is 11.1 Å². The predicted octanol–water partition coefficient (Wildman–Crippen LogP) is 2.41. The summed E-state index contributed by atoms with van der Waals surface area (Å²) in [5.74, 6) is -0.466. The lowest BCUT2D eigenvalue weighted by Gasteiger charge is -2.18. The van der Waals surface area contributed by atoms with Crippen LogP contribution < -0.4 is 4.90 Å². The number of carbonyl (C=O) groups is 2. The zero-order valence-electron chi connectivity index (χ0n) is 12.2. The van der Waals surface area contributed by atoms with Gasteiger partial charge in [-0.25, -0.2) is 4.79 Å². The van der Waals surface area contributed by atoms with Gasteiger partial charge in [0.25, 0.3) is 0 Å². The van der Waals surface area contributed by atoms with Gasteiger partial charge in [-0.3, -0.25) is 9.78 Å².